The van der Waals surface area contributed by atoms with Crippen molar-refractivity contribution in [3.8, 4) is 16.9 Å². The van der Waals surface area contributed by atoms with Crippen molar-refractivity contribution in [3.63, 3.8) is 0 Å². The second-order valence-electron chi connectivity index (χ2n) is 6.80. The molecule has 0 atom stereocenters. The highest BCUT2D eigenvalue weighted by Crippen LogP contribution is 2.25. The first-order valence-electron chi connectivity index (χ1n) is 8.84. The van der Waals surface area contributed by atoms with Crippen LogP contribution in [0, 0.1) is 0 Å². The summed E-state index contributed by atoms with van der Waals surface area (Å²) in [6.07, 6.45) is 2.42. The molecule has 0 aliphatic heterocycles. The van der Waals surface area contributed by atoms with Crippen LogP contribution in [-0.4, -0.2) is 45.7 Å². The highest BCUT2D eigenvalue weighted by Gasteiger charge is 2.14. The number of nitrogens with zero attached hydrogens (tertiary/aromatic N) is 2. The number of hydrogen-bond donors (Lipinski definition) is 2. The van der Waals surface area contributed by atoms with Crippen molar-refractivity contribution in [2.24, 2.45) is 0 Å². The van der Waals surface area contributed by atoms with Gasteiger partial charge in [-0.1, -0.05) is 36.4 Å². The molecule has 29 heavy (non-hydrogen) atoms. The first-order valence-corrected chi connectivity index (χ1v) is 8.84. The average Bonchev–Trinajstić information content (AvgIpc) is 2.70. The van der Waals surface area contributed by atoms with Gasteiger partial charge < -0.3 is 19.7 Å². The second kappa shape index (κ2) is 8.02. The predicted molar refractivity (Wildman–Crippen MR) is 108 cm³/mol. The van der Waals surface area contributed by atoms with Crippen LogP contribution in [0.3, 0.4) is 0 Å². The number of pyridine rings is 1. The molecule has 2 N–H and O–H groups in total. The van der Waals surface area contributed by atoms with E-state index in [9.17, 15) is 19.5 Å². The van der Waals surface area contributed by atoms with E-state index in [4.69, 9.17) is 5.11 Å². The molecule has 2 aromatic carbocycles. The summed E-state index contributed by atoms with van der Waals surface area (Å²) in [6.45, 7) is 0.253. The summed E-state index contributed by atoms with van der Waals surface area (Å²) >= 11 is 0. The summed E-state index contributed by atoms with van der Waals surface area (Å²) in [5.41, 5.74) is 1.81. The molecule has 1 heterocycles. The third-order valence-corrected chi connectivity index (χ3v) is 4.51. The fourth-order valence-electron chi connectivity index (χ4n) is 3.05. The van der Waals surface area contributed by atoms with E-state index in [2.05, 4.69) is 0 Å². The minimum atomic E-state index is -1.39. The maximum Gasteiger partial charge on any atom is 0.341 e. The van der Waals surface area contributed by atoms with Crippen molar-refractivity contribution in [2.75, 3.05) is 14.1 Å². The molecule has 3 aromatic rings. The number of hydrogen-bond acceptors (Lipinski definition) is 4. The summed E-state index contributed by atoms with van der Waals surface area (Å²) in [4.78, 5) is 36.6. The second-order valence-corrected chi connectivity index (χ2v) is 6.80. The molecule has 7 heteroatoms. The molecule has 0 saturated carbocycles. The topological polar surface area (TPSA) is 99.8 Å². The van der Waals surface area contributed by atoms with Gasteiger partial charge in [0.25, 0.3) is 5.91 Å². The standard InChI is InChI=1S/C22H20N2O5/c1-23(2)21(27)15-9-7-14(8-10-15)17-6-4-3-5-16(17)11-24-12-18(22(28)29)20(26)19(25)13-24/h3-10,12-13,25H,11H2,1-2H3,(H,28,29). The van der Waals surface area contributed by atoms with E-state index in [1.165, 1.54) is 21.9 Å². The molecule has 0 spiro atoms. The van der Waals surface area contributed by atoms with Crippen molar-refractivity contribution in [2.45, 2.75) is 6.54 Å². The molecular weight excluding hydrogens is 372 g/mol. The van der Waals surface area contributed by atoms with Gasteiger partial charge in [-0.05, 0) is 28.8 Å². The van der Waals surface area contributed by atoms with Gasteiger partial charge in [-0.15, -0.1) is 0 Å². The Morgan fingerprint density at radius 1 is 1.00 bits per heavy atom. The van der Waals surface area contributed by atoms with Crippen LogP contribution in [0.2, 0.25) is 0 Å². The zero-order valence-electron chi connectivity index (χ0n) is 16.0. The van der Waals surface area contributed by atoms with Crippen LogP contribution < -0.4 is 5.43 Å². The van der Waals surface area contributed by atoms with E-state index in [-0.39, 0.29) is 12.5 Å². The molecule has 0 fully saturated rings. The van der Waals surface area contributed by atoms with Gasteiger partial charge in [0.05, 0.1) is 6.20 Å². The van der Waals surface area contributed by atoms with E-state index in [1.54, 1.807) is 26.2 Å². The molecule has 0 unspecified atom stereocenters. The third-order valence-electron chi connectivity index (χ3n) is 4.51. The summed E-state index contributed by atoms with van der Waals surface area (Å²) in [6, 6.07) is 14.7. The van der Waals surface area contributed by atoms with Crippen LogP contribution >= 0.6 is 0 Å². The lowest BCUT2D eigenvalue weighted by molar-refractivity contribution is 0.0693. The molecule has 7 nitrogen and oxygen atoms in total. The lowest BCUT2D eigenvalue weighted by Gasteiger charge is -2.14. The number of amides is 1. The van der Waals surface area contributed by atoms with Crippen LogP contribution in [0.5, 0.6) is 5.75 Å². The molecule has 0 aliphatic carbocycles. The third kappa shape index (κ3) is 4.19. The number of aromatic carboxylic acids is 1. The Balaban J connectivity index is 1.98. The molecule has 3 rings (SSSR count). The normalized spacial score (nSPS) is 10.6. The number of carbonyl (C=O) groups excluding carboxylic acids is 1. The highest BCUT2D eigenvalue weighted by atomic mass is 16.4. The van der Waals surface area contributed by atoms with Crippen LogP contribution in [0.15, 0.2) is 65.7 Å². The molecule has 0 radical (unpaired) electrons. The minimum Gasteiger partial charge on any atom is -0.503 e. The Kier molecular flexibility index (Phi) is 5.50. The van der Waals surface area contributed by atoms with Crippen molar-refractivity contribution in [3.05, 3.63) is 87.8 Å². The number of benzene rings is 2. The largest absolute Gasteiger partial charge is 0.503 e. The Morgan fingerprint density at radius 2 is 1.66 bits per heavy atom. The molecule has 0 saturated heterocycles. The van der Waals surface area contributed by atoms with E-state index >= 15 is 0 Å². The van der Waals surface area contributed by atoms with E-state index in [1.807, 2.05) is 36.4 Å². The van der Waals surface area contributed by atoms with Crippen LogP contribution in [0.1, 0.15) is 26.3 Å². The summed E-state index contributed by atoms with van der Waals surface area (Å²) in [7, 11) is 3.38. The molecule has 0 bridgehead atoms. The molecule has 1 amide bonds. The van der Waals surface area contributed by atoms with Gasteiger partial charge >= 0.3 is 5.97 Å². The first kappa shape index (κ1) is 19.9. The smallest absolute Gasteiger partial charge is 0.341 e. The zero-order valence-corrected chi connectivity index (χ0v) is 16.0. The van der Waals surface area contributed by atoms with Crippen LogP contribution in [0.25, 0.3) is 11.1 Å². The van der Waals surface area contributed by atoms with Crippen LogP contribution in [-0.2, 0) is 6.54 Å². The first-order chi connectivity index (χ1) is 13.8. The van der Waals surface area contributed by atoms with Gasteiger partial charge in [0.1, 0.15) is 5.56 Å². The van der Waals surface area contributed by atoms with E-state index < -0.39 is 22.7 Å². The van der Waals surface area contributed by atoms with Gasteiger partial charge in [-0.25, -0.2) is 4.79 Å². The number of rotatable bonds is 5. The Labute approximate surface area is 167 Å². The predicted octanol–water partition coefficient (Wildman–Crippen LogP) is 2.67. The monoisotopic (exact) mass is 392 g/mol. The lowest BCUT2D eigenvalue weighted by atomic mass is 9.98. The fraction of sp³-hybridized carbons (Fsp3) is 0.136. The summed E-state index contributed by atoms with van der Waals surface area (Å²) < 4.78 is 1.46. The number of aromatic nitrogens is 1. The Bertz CT molecular complexity index is 1130. The van der Waals surface area contributed by atoms with Crippen molar-refractivity contribution in [1.82, 2.24) is 9.47 Å². The quantitative estimate of drug-likeness (QED) is 0.695. The number of aromatic hydroxyl groups is 1. The fourth-order valence-corrected chi connectivity index (χ4v) is 3.05. The SMILES string of the molecule is CN(C)C(=O)c1ccc(-c2ccccc2Cn2cc(O)c(=O)c(C(=O)O)c2)cc1. The van der Waals surface area contributed by atoms with Gasteiger partial charge in [0, 0.05) is 32.4 Å². The van der Waals surface area contributed by atoms with E-state index in [0.29, 0.717) is 5.56 Å². The Hall–Kier alpha value is -3.87. The lowest BCUT2D eigenvalue weighted by Crippen LogP contribution is -2.21. The van der Waals surface area contributed by atoms with Gasteiger partial charge in [-0.2, -0.15) is 0 Å². The van der Waals surface area contributed by atoms with Crippen LogP contribution in [0.4, 0.5) is 0 Å². The maximum atomic E-state index is 12.1. The number of carbonyl (C=O) groups is 2. The number of carboxylic acids is 1. The Morgan fingerprint density at radius 3 is 2.28 bits per heavy atom. The minimum absolute atomic E-state index is 0.0882. The van der Waals surface area contributed by atoms with Crippen molar-refractivity contribution < 1.29 is 19.8 Å². The number of carboxylic acid groups (broad SMARTS) is 1. The summed E-state index contributed by atoms with van der Waals surface area (Å²) in [5, 5.41) is 19.0. The highest BCUT2D eigenvalue weighted by molar-refractivity contribution is 5.94. The zero-order chi connectivity index (χ0) is 21.1. The van der Waals surface area contributed by atoms with E-state index in [0.717, 1.165) is 16.7 Å². The molecule has 1 aromatic heterocycles. The van der Waals surface area contributed by atoms with Gasteiger partial charge in [0.15, 0.2) is 5.75 Å². The van der Waals surface area contributed by atoms with Gasteiger partial charge in [-0.3, -0.25) is 9.59 Å². The van der Waals surface area contributed by atoms with Crippen molar-refractivity contribution in [1.29, 1.82) is 0 Å². The van der Waals surface area contributed by atoms with Gasteiger partial charge in [0.2, 0.25) is 5.43 Å². The molecule has 148 valence electrons. The average molecular weight is 392 g/mol. The molecule has 0 aliphatic rings. The van der Waals surface area contributed by atoms with Crippen molar-refractivity contribution >= 4 is 11.9 Å². The molecular formula is C22H20N2O5. The summed E-state index contributed by atoms with van der Waals surface area (Å²) in [5.74, 6) is -2.10. The maximum absolute atomic E-state index is 12.1.